The molecule has 3 aliphatic carbocycles. The number of nitrogens with zero attached hydrogens (tertiary/aromatic N) is 2. The van der Waals surface area contributed by atoms with Gasteiger partial charge in [0.15, 0.2) is 0 Å². The van der Waals surface area contributed by atoms with Crippen LogP contribution >= 0.6 is 0 Å². The maximum absolute atomic E-state index is 13.2. The fourth-order valence-corrected chi connectivity index (χ4v) is 8.69. The van der Waals surface area contributed by atoms with E-state index in [0.717, 1.165) is 44.5 Å². The van der Waals surface area contributed by atoms with E-state index in [1.54, 1.807) is 6.92 Å². The first kappa shape index (κ1) is 17.0. The minimum atomic E-state index is -0.478. The molecule has 7 rings (SSSR count). The minimum absolute atomic E-state index is 0.0573. The van der Waals surface area contributed by atoms with Crippen LogP contribution in [0, 0.1) is 11.3 Å². The molecule has 6 aliphatic rings. The Bertz CT molecular complexity index is 900. The van der Waals surface area contributed by atoms with Crippen molar-refractivity contribution in [3.8, 4) is 0 Å². The molecule has 3 aliphatic heterocycles. The van der Waals surface area contributed by atoms with Crippen LogP contribution in [-0.4, -0.2) is 48.6 Å². The molecule has 2 saturated heterocycles. The summed E-state index contributed by atoms with van der Waals surface area (Å²) in [6.45, 7) is 3.89. The van der Waals surface area contributed by atoms with E-state index in [9.17, 15) is 9.59 Å². The molecule has 1 aromatic rings. The first-order valence-electron chi connectivity index (χ1n) is 10.7. The van der Waals surface area contributed by atoms with Crippen LogP contribution in [0.15, 0.2) is 24.3 Å². The van der Waals surface area contributed by atoms with Gasteiger partial charge in [-0.05, 0) is 68.7 Å². The highest BCUT2D eigenvalue weighted by atomic mass is 16.5. The predicted molar refractivity (Wildman–Crippen MR) is 105 cm³/mol. The van der Waals surface area contributed by atoms with Crippen LogP contribution in [0.5, 0.6) is 0 Å². The van der Waals surface area contributed by atoms with E-state index in [-0.39, 0.29) is 28.6 Å². The fourth-order valence-electron chi connectivity index (χ4n) is 8.69. The summed E-state index contributed by atoms with van der Waals surface area (Å²) in [5.41, 5.74) is 1.89. The predicted octanol–water partition coefficient (Wildman–Crippen LogP) is 2.87. The topological polar surface area (TPSA) is 49.9 Å². The van der Waals surface area contributed by atoms with Gasteiger partial charge in [0.25, 0.3) is 0 Å². The van der Waals surface area contributed by atoms with Crippen molar-refractivity contribution in [3.63, 3.8) is 0 Å². The molecule has 1 amide bonds. The molecule has 148 valence electrons. The van der Waals surface area contributed by atoms with Crippen LogP contribution in [0.2, 0.25) is 0 Å². The van der Waals surface area contributed by atoms with Crippen LogP contribution in [0.3, 0.4) is 0 Å². The van der Waals surface area contributed by atoms with E-state index >= 15 is 0 Å². The van der Waals surface area contributed by atoms with E-state index in [1.165, 1.54) is 25.5 Å². The zero-order valence-electron chi connectivity index (χ0n) is 16.7. The maximum atomic E-state index is 13.2. The van der Waals surface area contributed by atoms with E-state index < -0.39 is 5.54 Å². The van der Waals surface area contributed by atoms with E-state index in [4.69, 9.17) is 4.74 Å². The highest BCUT2D eigenvalue weighted by Crippen LogP contribution is 2.75. The smallest absolute Gasteiger partial charge is 0.311 e. The van der Waals surface area contributed by atoms with Gasteiger partial charge in [0.2, 0.25) is 5.91 Å². The number of piperidine rings is 1. The van der Waals surface area contributed by atoms with Crippen molar-refractivity contribution in [3.05, 3.63) is 29.8 Å². The van der Waals surface area contributed by atoms with Gasteiger partial charge in [0.1, 0.15) is 0 Å². The molecule has 0 unspecified atom stereocenters. The number of hydrogen-bond acceptors (Lipinski definition) is 4. The van der Waals surface area contributed by atoms with Crippen LogP contribution in [0.25, 0.3) is 0 Å². The van der Waals surface area contributed by atoms with Crippen molar-refractivity contribution in [2.75, 3.05) is 25.1 Å². The molecule has 0 aromatic heterocycles. The summed E-state index contributed by atoms with van der Waals surface area (Å²) in [5.74, 6) is -0.307. The molecule has 5 atom stereocenters. The molecule has 2 bridgehead atoms. The number of para-hydroxylation sites is 1. The number of carbonyl (C=O) groups excluding carboxylic acids is 2. The molecule has 3 heterocycles. The number of methoxy groups -OCH3 is 1. The monoisotopic (exact) mass is 380 g/mol. The molecule has 3 spiro atoms. The summed E-state index contributed by atoms with van der Waals surface area (Å²) in [4.78, 5) is 31.0. The standard InChI is InChI=1S/C23H28N2O3/c1-15(26)25-18-7-4-3-6-16(18)22-11-13-24-12-5-8-21(20(22)24)9-10-23(22,25)17(14-21)19(27)28-2/h3-4,6-7,17,20H,5,8-14H2,1-2H3/t17-,20+,21+,22-,23-/m0/s1. The van der Waals surface area contributed by atoms with Crippen molar-refractivity contribution in [1.29, 1.82) is 0 Å². The molecular formula is C23H28N2O3. The Morgan fingerprint density at radius 2 is 1.93 bits per heavy atom. The zero-order chi connectivity index (χ0) is 19.3. The highest BCUT2D eigenvalue weighted by molar-refractivity contribution is 5.99. The molecule has 0 N–H and O–H groups in total. The van der Waals surface area contributed by atoms with Gasteiger partial charge in [-0.25, -0.2) is 0 Å². The molecule has 1 aromatic carbocycles. The molecule has 5 fully saturated rings. The van der Waals surface area contributed by atoms with E-state index in [0.29, 0.717) is 6.04 Å². The highest BCUT2D eigenvalue weighted by Gasteiger charge is 2.81. The van der Waals surface area contributed by atoms with Crippen LogP contribution in [0.4, 0.5) is 5.69 Å². The van der Waals surface area contributed by atoms with Gasteiger partial charge in [-0.2, -0.15) is 0 Å². The Labute approximate surface area is 166 Å². The van der Waals surface area contributed by atoms with Gasteiger partial charge in [-0.15, -0.1) is 0 Å². The van der Waals surface area contributed by atoms with Gasteiger partial charge in [-0.3, -0.25) is 14.5 Å². The maximum Gasteiger partial charge on any atom is 0.311 e. The Kier molecular flexibility index (Phi) is 3.15. The van der Waals surface area contributed by atoms with Crippen LogP contribution in [-0.2, 0) is 19.7 Å². The largest absolute Gasteiger partial charge is 0.469 e. The number of benzene rings is 1. The Morgan fingerprint density at radius 1 is 1.11 bits per heavy atom. The third-order valence-corrected chi connectivity index (χ3v) is 9.11. The Hall–Kier alpha value is -1.88. The lowest BCUT2D eigenvalue weighted by Gasteiger charge is -2.70. The lowest BCUT2D eigenvalue weighted by Crippen LogP contribution is -2.79. The first-order valence-corrected chi connectivity index (χ1v) is 10.7. The van der Waals surface area contributed by atoms with Crippen LogP contribution < -0.4 is 4.90 Å². The number of amides is 1. The quantitative estimate of drug-likeness (QED) is 0.703. The van der Waals surface area contributed by atoms with Gasteiger partial charge in [0, 0.05) is 24.1 Å². The summed E-state index contributed by atoms with van der Waals surface area (Å²) < 4.78 is 5.36. The van der Waals surface area contributed by atoms with Crippen molar-refractivity contribution in [1.82, 2.24) is 4.90 Å². The third-order valence-electron chi connectivity index (χ3n) is 9.11. The molecule has 0 radical (unpaired) electrons. The molecular weight excluding hydrogens is 352 g/mol. The number of ether oxygens (including phenoxy) is 1. The summed E-state index contributed by atoms with van der Waals surface area (Å²) in [6, 6.07) is 8.91. The lowest BCUT2D eigenvalue weighted by molar-refractivity contribution is -0.175. The Balaban J connectivity index is 1.70. The number of fused-ring (bicyclic) bond motifs is 3. The number of anilines is 1. The molecule has 5 heteroatoms. The third kappa shape index (κ3) is 1.55. The first-order chi connectivity index (χ1) is 13.5. The van der Waals surface area contributed by atoms with Gasteiger partial charge in [0.05, 0.1) is 18.6 Å². The average molecular weight is 380 g/mol. The second-order valence-electron chi connectivity index (χ2n) is 9.70. The van der Waals surface area contributed by atoms with Crippen LogP contribution in [0.1, 0.15) is 51.0 Å². The molecule has 3 saturated carbocycles. The number of rotatable bonds is 1. The Morgan fingerprint density at radius 3 is 2.71 bits per heavy atom. The van der Waals surface area contributed by atoms with Crippen molar-refractivity contribution < 1.29 is 14.3 Å². The van der Waals surface area contributed by atoms with Crippen molar-refractivity contribution in [2.24, 2.45) is 11.3 Å². The number of hydrogen-bond donors (Lipinski definition) is 0. The number of carbonyl (C=O) groups is 2. The average Bonchev–Trinajstić information content (AvgIpc) is 3.23. The molecule has 28 heavy (non-hydrogen) atoms. The lowest BCUT2D eigenvalue weighted by atomic mass is 9.38. The number of esters is 1. The zero-order valence-corrected chi connectivity index (χ0v) is 16.7. The minimum Gasteiger partial charge on any atom is -0.469 e. The van der Waals surface area contributed by atoms with Crippen molar-refractivity contribution >= 4 is 17.6 Å². The fraction of sp³-hybridized carbons (Fsp3) is 0.652. The van der Waals surface area contributed by atoms with E-state index in [1.807, 2.05) is 11.0 Å². The summed E-state index contributed by atoms with van der Waals surface area (Å²) in [5, 5.41) is 0. The van der Waals surface area contributed by atoms with E-state index in [2.05, 4.69) is 23.1 Å². The summed E-state index contributed by atoms with van der Waals surface area (Å²) in [6.07, 6.45) is 6.33. The molecule has 5 nitrogen and oxygen atoms in total. The normalized spacial score (nSPS) is 42.7. The summed E-state index contributed by atoms with van der Waals surface area (Å²) in [7, 11) is 1.51. The second kappa shape index (κ2) is 5.18. The van der Waals surface area contributed by atoms with Crippen molar-refractivity contribution in [2.45, 2.75) is 62.4 Å². The SMILES string of the molecule is COC(=O)[C@@H]1C[C@@]23CCCN4CC[C@]5(c6ccccc6N(C(C)=O)[C@@]15CC2)[C@H]43. The van der Waals surface area contributed by atoms with Gasteiger partial charge < -0.3 is 9.64 Å². The van der Waals surface area contributed by atoms with Gasteiger partial charge in [-0.1, -0.05) is 18.2 Å². The van der Waals surface area contributed by atoms with Gasteiger partial charge >= 0.3 is 5.97 Å². The second-order valence-corrected chi connectivity index (χ2v) is 9.70. The summed E-state index contributed by atoms with van der Waals surface area (Å²) >= 11 is 0.